The molecule has 0 amide bonds. The second kappa shape index (κ2) is 6.98. The number of hydrogen-bond donors (Lipinski definition) is 0. The molecule has 0 saturated carbocycles. The Bertz CT molecular complexity index is 522. The van der Waals surface area contributed by atoms with E-state index >= 15 is 0 Å². The predicted molar refractivity (Wildman–Crippen MR) is 91.2 cm³/mol. The first-order valence-electron chi connectivity index (χ1n) is 7.59. The van der Waals surface area contributed by atoms with Gasteiger partial charge in [0.25, 0.3) is 0 Å². The van der Waals surface area contributed by atoms with Gasteiger partial charge < -0.3 is 13.3 Å². The summed E-state index contributed by atoms with van der Waals surface area (Å²) in [6.07, 6.45) is 0. The van der Waals surface area contributed by atoms with Crippen molar-refractivity contribution in [1.82, 2.24) is 0 Å². The highest BCUT2D eigenvalue weighted by Gasteiger charge is 2.57. The summed E-state index contributed by atoms with van der Waals surface area (Å²) in [7, 11) is -2.98. The average molecular weight is 316 g/mol. The Labute approximate surface area is 134 Å². The second-order valence-corrected chi connectivity index (χ2v) is 9.38. The molecule has 0 fully saturated rings. The van der Waals surface area contributed by atoms with Crippen LogP contribution in [0.3, 0.4) is 0 Å². The van der Waals surface area contributed by atoms with Gasteiger partial charge in [0.2, 0.25) is 0 Å². The van der Waals surface area contributed by atoms with Crippen molar-refractivity contribution in [2.45, 2.75) is 32.7 Å². The van der Waals surface area contributed by atoms with E-state index in [1.54, 1.807) is 0 Å². The summed E-state index contributed by atoms with van der Waals surface area (Å²) >= 11 is 0. The van der Waals surface area contributed by atoms with Crippen LogP contribution in [0.15, 0.2) is 60.7 Å². The molecule has 0 aliphatic carbocycles. The van der Waals surface area contributed by atoms with Crippen LogP contribution in [0.1, 0.15) is 27.7 Å². The number of benzene rings is 2. The molecule has 2 aromatic rings. The fraction of sp³-hybridized carbons (Fsp3) is 0.333. The van der Waals surface area contributed by atoms with Crippen molar-refractivity contribution in [3.8, 4) is 11.5 Å². The molecule has 4 heteroatoms. The lowest BCUT2D eigenvalue weighted by molar-refractivity contribution is 0.147. The van der Waals surface area contributed by atoms with Gasteiger partial charge >= 0.3 is 8.80 Å². The van der Waals surface area contributed by atoms with Gasteiger partial charge in [-0.25, -0.2) is 0 Å². The number of hydrogen-bond acceptors (Lipinski definition) is 3. The van der Waals surface area contributed by atoms with Gasteiger partial charge in [-0.1, -0.05) is 57.2 Å². The highest BCUT2D eigenvalue weighted by atomic mass is 28.4. The van der Waals surface area contributed by atoms with Crippen LogP contribution in [0.5, 0.6) is 11.5 Å². The Hall–Kier alpha value is -1.78. The molecule has 0 aromatic heterocycles. The Morgan fingerprint density at radius 1 is 0.773 bits per heavy atom. The molecule has 0 radical (unpaired) electrons. The first kappa shape index (κ1) is 16.6. The quantitative estimate of drug-likeness (QED) is 0.708. The zero-order valence-electron chi connectivity index (χ0n) is 13.7. The van der Waals surface area contributed by atoms with E-state index in [4.69, 9.17) is 13.3 Å². The number of rotatable bonds is 6. The highest BCUT2D eigenvalue weighted by molar-refractivity contribution is 6.65. The molecule has 0 saturated heterocycles. The van der Waals surface area contributed by atoms with Crippen LogP contribution in [-0.4, -0.2) is 15.4 Å². The topological polar surface area (TPSA) is 27.7 Å². The lowest BCUT2D eigenvalue weighted by Crippen LogP contribution is -2.58. The smallest absolute Gasteiger partial charge is 0.492 e. The first-order chi connectivity index (χ1) is 10.5. The summed E-state index contributed by atoms with van der Waals surface area (Å²) in [5.74, 6) is 1.54. The van der Waals surface area contributed by atoms with E-state index in [9.17, 15) is 0 Å². The summed E-state index contributed by atoms with van der Waals surface area (Å²) < 4.78 is 18.7. The van der Waals surface area contributed by atoms with Crippen molar-refractivity contribution in [2.24, 2.45) is 0 Å². The minimum Gasteiger partial charge on any atom is -0.492 e. The predicted octanol–water partition coefficient (Wildman–Crippen LogP) is 4.92. The van der Waals surface area contributed by atoms with E-state index in [2.05, 4.69) is 20.8 Å². The molecule has 0 unspecified atom stereocenters. The zero-order valence-corrected chi connectivity index (χ0v) is 14.7. The SMILES string of the molecule is CCO[Si](Oc1ccccc1)(Oc1ccccc1)C(C)(C)C. The second-order valence-electron chi connectivity index (χ2n) is 6.07. The Morgan fingerprint density at radius 2 is 1.18 bits per heavy atom. The van der Waals surface area contributed by atoms with Gasteiger partial charge in [-0.05, 0) is 31.2 Å². The van der Waals surface area contributed by atoms with Crippen LogP contribution in [0.4, 0.5) is 0 Å². The maximum Gasteiger partial charge on any atom is 0.637 e. The van der Waals surface area contributed by atoms with Crippen molar-refractivity contribution in [3.05, 3.63) is 60.7 Å². The fourth-order valence-corrected chi connectivity index (χ4v) is 4.56. The molecule has 118 valence electrons. The number of para-hydroxylation sites is 2. The van der Waals surface area contributed by atoms with E-state index in [1.807, 2.05) is 67.6 Å². The van der Waals surface area contributed by atoms with Crippen molar-refractivity contribution < 1.29 is 13.3 Å². The minimum absolute atomic E-state index is 0.255. The van der Waals surface area contributed by atoms with Crippen molar-refractivity contribution >= 4 is 8.80 Å². The molecular weight excluding hydrogens is 292 g/mol. The molecule has 0 spiro atoms. The monoisotopic (exact) mass is 316 g/mol. The molecule has 0 bridgehead atoms. The molecule has 0 heterocycles. The summed E-state index contributed by atoms with van der Waals surface area (Å²) in [6.45, 7) is 8.81. The van der Waals surface area contributed by atoms with E-state index in [1.165, 1.54) is 0 Å². The molecule has 2 rings (SSSR count). The van der Waals surface area contributed by atoms with Crippen molar-refractivity contribution in [3.63, 3.8) is 0 Å². The van der Waals surface area contributed by atoms with Crippen molar-refractivity contribution in [1.29, 1.82) is 0 Å². The fourth-order valence-electron chi connectivity index (χ4n) is 2.08. The van der Waals surface area contributed by atoms with Crippen LogP contribution in [0.25, 0.3) is 0 Å². The molecule has 0 aliphatic heterocycles. The van der Waals surface area contributed by atoms with Gasteiger partial charge in [-0.3, -0.25) is 0 Å². The van der Waals surface area contributed by atoms with Crippen LogP contribution in [0, 0.1) is 0 Å². The minimum atomic E-state index is -2.98. The Kier molecular flexibility index (Phi) is 5.27. The van der Waals surface area contributed by atoms with Crippen LogP contribution in [0.2, 0.25) is 5.04 Å². The third kappa shape index (κ3) is 3.90. The van der Waals surface area contributed by atoms with E-state index in [0.717, 1.165) is 11.5 Å². The molecular formula is C18H24O3Si. The van der Waals surface area contributed by atoms with Gasteiger partial charge in [-0.15, -0.1) is 0 Å². The third-order valence-electron chi connectivity index (χ3n) is 3.24. The Morgan fingerprint density at radius 3 is 1.50 bits per heavy atom. The Balaban J connectivity index is 2.37. The molecule has 0 atom stereocenters. The van der Waals surface area contributed by atoms with Gasteiger partial charge in [0.1, 0.15) is 11.5 Å². The third-order valence-corrected chi connectivity index (χ3v) is 6.76. The normalized spacial score (nSPS) is 12.0. The van der Waals surface area contributed by atoms with Crippen LogP contribution >= 0.6 is 0 Å². The van der Waals surface area contributed by atoms with Crippen LogP contribution in [-0.2, 0) is 4.43 Å². The molecule has 3 nitrogen and oxygen atoms in total. The van der Waals surface area contributed by atoms with Gasteiger partial charge in [-0.2, -0.15) is 0 Å². The maximum absolute atomic E-state index is 6.31. The largest absolute Gasteiger partial charge is 0.637 e. The summed E-state index contributed by atoms with van der Waals surface area (Å²) in [5, 5.41) is -0.255. The molecule has 2 aromatic carbocycles. The zero-order chi connectivity index (χ0) is 16.1. The molecule has 0 aliphatic rings. The van der Waals surface area contributed by atoms with Gasteiger partial charge in [0.05, 0.1) is 5.04 Å². The van der Waals surface area contributed by atoms with Gasteiger partial charge in [0.15, 0.2) is 0 Å². The van der Waals surface area contributed by atoms with Gasteiger partial charge in [0, 0.05) is 6.61 Å². The average Bonchev–Trinajstić information content (AvgIpc) is 2.48. The highest BCUT2D eigenvalue weighted by Crippen LogP contribution is 2.39. The molecule has 22 heavy (non-hydrogen) atoms. The standard InChI is InChI=1S/C18H24O3Si/c1-5-19-22(18(2,3)4,20-16-12-8-6-9-13-16)21-17-14-10-7-11-15-17/h6-15H,5H2,1-4H3. The lowest BCUT2D eigenvalue weighted by atomic mass is 10.3. The van der Waals surface area contributed by atoms with E-state index in [-0.39, 0.29) is 5.04 Å². The summed E-state index contributed by atoms with van der Waals surface area (Å²) in [4.78, 5) is 0. The molecule has 0 N–H and O–H groups in total. The summed E-state index contributed by atoms with van der Waals surface area (Å²) in [6, 6.07) is 19.5. The lowest BCUT2D eigenvalue weighted by Gasteiger charge is -2.38. The first-order valence-corrected chi connectivity index (χ1v) is 9.31. The van der Waals surface area contributed by atoms with Crippen LogP contribution < -0.4 is 8.85 Å². The van der Waals surface area contributed by atoms with E-state index < -0.39 is 8.80 Å². The summed E-state index contributed by atoms with van der Waals surface area (Å²) in [5.41, 5.74) is 0. The van der Waals surface area contributed by atoms with Crippen molar-refractivity contribution in [2.75, 3.05) is 6.61 Å². The van der Waals surface area contributed by atoms with E-state index in [0.29, 0.717) is 6.61 Å². The maximum atomic E-state index is 6.31.